The van der Waals surface area contributed by atoms with Crippen molar-refractivity contribution in [3.05, 3.63) is 0 Å². The van der Waals surface area contributed by atoms with Crippen LogP contribution >= 0.6 is 0 Å². The van der Waals surface area contributed by atoms with Crippen molar-refractivity contribution in [3.8, 4) is 0 Å². The molecule has 0 aromatic heterocycles. The van der Waals surface area contributed by atoms with Gasteiger partial charge in [0.15, 0.2) is 0 Å². The van der Waals surface area contributed by atoms with E-state index in [4.69, 9.17) is 15.2 Å². The molecule has 0 radical (unpaired) electrons. The van der Waals surface area contributed by atoms with Crippen LogP contribution in [-0.2, 0) is 14.3 Å². The molecule has 2 N–H and O–H groups in total. The lowest BCUT2D eigenvalue weighted by atomic mass is 10.2. The summed E-state index contributed by atoms with van der Waals surface area (Å²) in [5.41, 5.74) is 5.53. The number of carbonyl (C=O) groups excluding carboxylic acids is 1. The Morgan fingerprint density at radius 1 is 1.39 bits per heavy atom. The van der Waals surface area contributed by atoms with E-state index >= 15 is 0 Å². The summed E-state index contributed by atoms with van der Waals surface area (Å²) in [4.78, 5) is 13.8. The van der Waals surface area contributed by atoms with Crippen molar-refractivity contribution < 1.29 is 14.3 Å². The summed E-state index contributed by atoms with van der Waals surface area (Å²) >= 11 is 0. The number of amides is 1. The molecular weight excluding hydrogens is 232 g/mol. The first-order valence-electron chi connectivity index (χ1n) is 6.89. The van der Waals surface area contributed by atoms with Gasteiger partial charge in [0.05, 0.1) is 12.7 Å². The minimum atomic E-state index is -0.299. The van der Waals surface area contributed by atoms with Gasteiger partial charge in [-0.15, -0.1) is 0 Å². The largest absolute Gasteiger partial charge is 0.379 e. The molecule has 5 heteroatoms. The molecule has 1 aliphatic heterocycles. The van der Waals surface area contributed by atoms with E-state index in [0.717, 1.165) is 25.4 Å². The van der Waals surface area contributed by atoms with E-state index < -0.39 is 0 Å². The fraction of sp³-hybridized carbons (Fsp3) is 0.923. The van der Waals surface area contributed by atoms with Crippen LogP contribution in [0.25, 0.3) is 0 Å². The number of hydrogen-bond acceptors (Lipinski definition) is 4. The number of carbonyl (C=O) groups is 1. The van der Waals surface area contributed by atoms with Gasteiger partial charge in [0, 0.05) is 26.7 Å². The van der Waals surface area contributed by atoms with Gasteiger partial charge in [-0.1, -0.05) is 0 Å². The van der Waals surface area contributed by atoms with Crippen LogP contribution in [-0.4, -0.2) is 56.4 Å². The molecule has 1 amide bonds. The fourth-order valence-electron chi connectivity index (χ4n) is 2.15. The second-order valence-electron chi connectivity index (χ2n) is 5.34. The predicted molar refractivity (Wildman–Crippen MR) is 68.1 cm³/mol. The molecule has 2 unspecified atom stereocenters. The molecule has 2 rings (SSSR count). The maximum Gasteiger partial charge on any atom is 0.251 e. The van der Waals surface area contributed by atoms with Gasteiger partial charge in [-0.3, -0.25) is 4.79 Å². The first kappa shape index (κ1) is 13.8. The first-order valence-corrected chi connectivity index (χ1v) is 6.89. The third-order valence-corrected chi connectivity index (χ3v) is 3.64. The van der Waals surface area contributed by atoms with Crippen LogP contribution in [0.5, 0.6) is 0 Å². The highest BCUT2D eigenvalue weighted by Crippen LogP contribution is 2.28. The van der Waals surface area contributed by atoms with Crippen molar-refractivity contribution in [2.24, 2.45) is 11.7 Å². The summed E-state index contributed by atoms with van der Waals surface area (Å²) in [5.74, 6) is 0.829. The highest BCUT2D eigenvalue weighted by atomic mass is 16.5. The lowest BCUT2D eigenvalue weighted by Crippen LogP contribution is -2.38. The number of hydrogen-bond donors (Lipinski definition) is 1. The molecule has 0 aromatic carbocycles. The van der Waals surface area contributed by atoms with Gasteiger partial charge in [0.1, 0.15) is 6.10 Å². The van der Waals surface area contributed by atoms with Gasteiger partial charge in [0.25, 0.3) is 5.91 Å². The van der Waals surface area contributed by atoms with Crippen LogP contribution < -0.4 is 5.73 Å². The van der Waals surface area contributed by atoms with E-state index in [1.54, 1.807) is 4.90 Å². The monoisotopic (exact) mass is 256 g/mol. The second-order valence-corrected chi connectivity index (χ2v) is 5.34. The second kappa shape index (κ2) is 6.50. The highest BCUT2D eigenvalue weighted by Gasteiger charge is 2.31. The van der Waals surface area contributed by atoms with E-state index in [1.165, 1.54) is 12.8 Å². The van der Waals surface area contributed by atoms with Crippen LogP contribution in [0.4, 0.5) is 0 Å². The molecule has 2 aliphatic rings. The Labute approximate surface area is 109 Å². The van der Waals surface area contributed by atoms with Crippen molar-refractivity contribution in [3.63, 3.8) is 0 Å². The zero-order valence-corrected chi connectivity index (χ0v) is 11.1. The lowest BCUT2D eigenvalue weighted by Gasteiger charge is -2.21. The Hall–Kier alpha value is -0.650. The average Bonchev–Trinajstić information content (AvgIpc) is 3.08. The molecule has 1 saturated carbocycles. The Bertz CT molecular complexity index is 281. The summed E-state index contributed by atoms with van der Waals surface area (Å²) in [7, 11) is 1.81. The molecule has 0 bridgehead atoms. The normalized spacial score (nSPS) is 27.4. The minimum absolute atomic E-state index is 0.0541. The standard InChI is InChI=1S/C13H24N2O3/c1-15(6-7-17-9-10-2-3-10)13(16)12-5-4-11(8-14)18-12/h10-12H,2-9,14H2,1H3. The third kappa shape index (κ3) is 3.93. The molecule has 18 heavy (non-hydrogen) atoms. The Morgan fingerprint density at radius 3 is 2.78 bits per heavy atom. The van der Waals surface area contributed by atoms with Crippen LogP contribution in [0.3, 0.4) is 0 Å². The van der Waals surface area contributed by atoms with Crippen LogP contribution in [0, 0.1) is 5.92 Å². The molecule has 0 spiro atoms. The zero-order chi connectivity index (χ0) is 13.0. The molecule has 2 atom stereocenters. The Kier molecular flexibility index (Phi) is 4.97. The summed E-state index contributed by atoms with van der Waals surface area (Å²) < 4.78 is 11.1. The molecule has 1 saturated heterocycles. The minimum Gasteiger partial charge on any atom is -0.379 e. The summed E-state index contributed by atoms with van der Waals surface area (Å²) in [6.07, 6.45) is 4.02. The van der Waals surface area contributed by atoms with Crippen LogP contribution in [0.15, 0.2) is 0 Å². The van der Waals surface area contributed by atoms with Crippen molar-refractivity contribution in [2.75, 3.05) is 33.4 Å². The smallest absolute Gasteiger partial charge is 0.251 e. The van der Waals surface area contributed by atoms with Crippen LogP contribution in [0.1, 0.15) is 25.7 Å². The number of ether oxygens (including phenoxy) is 2. The number of likely N-dealkylation sites (N-methyl/N-ethyl adjacent to an activating group) is 1. The molecule has 1 heterocycles. The molecule has 2 fully saturated rings. The lowest BCUT2D eigenvalue weighted by molar-refractivity contribution is -0.142. The van der Waals surface area contributed by atoms with E-state index in [0.29, 0.717) is 19.7 Å². The zero-order valence-electron chi connectivity index (χ0n) is 11.1. The Morgan fingerprint density at radius 2 is 2.17 bits per heavy atom. The van der Waals surface area contributed by atoms with E-state index in [2.05, 4.69) is 0 Å². The highest BCUT2D eigenvalue weighted by molar-refractivity contribution is 5.80. The maximum atomic E-state index is 12.1. The van der Waals surface area contributed by atoms with Crippen molar-refractivity contribution >= 4 is 5.91 Å². The van der Waals surface area contributed by atoms with Gasteiger partial charge in [-0.2, -0.15) is 0 Å². The van der Waals surface area contributed by atoms with Gasteiger partial charge in [-0.25, -0.2) is 0 Å². The van der Waals surface area contributed by atoms with Crippen LogP contribution in [0.2, 0.25) is 0 Å². The van der Waals surface area contributed by atoms with E-state index in [-0.39, 0.29) is 18.1 Å². The summed E-state index contributed by atoms with van der Waals surface area (Å²) in [6.45, 7) is 2.60. The molecular formula is C13H24N2O3. The van der Waals surface area contributed by atoms with E-state index in [9.17, 15) is 4.79 Å². The SMILES string of the molecule is CN(CCOCC1CC1)C(=O)C1CCC(CN)O1. The average molecular weight is 256 g/mol. The van der Waals surface area contributed by atoms with Gasteiger partial charge in [-0.05, 0) is 31.6 Å². The van der Waals surface area contributed by atoms with Crippen molar-refractivity contribution in [1.82, 2.24) is 4.90 Å². The molecule has 5 nitrogen and oxygen atoms in total. The van der Waals surface area contributed by atoms with Crippen molar-refractivity contribution in [2.45, 2.75) is 37.9 Å². The summed E-state index contributed by atoms with van der Waals surface area (Å²) in [6, 6.07) is 0. The van der Waals surface area contributed by atoms with E-state index in [1.807, 2.05) is 7.05 Å². The van der Waals surface area contributed by atoms with Gasteiger partial charge in [0.2, 0.25) is 0 Å². The number of nitrogens with zero attached hydrogens (tertiary/aromatic N) is 1. The third-order valence-electron chi connectivity index (χ3n) is 3.64. The van der Waals surface area contributed by atoms with Gasteiger partial charge < -0.3 is 20.1 Å². The fourth-order valence-corrected chi connectivity index (χ4v) is 2.15. The Balaban J connectivity index is 1.61. The molecule has 1 aliphatic carbocycles. The number of rotatable bonds is 7. The maximum absolute atomic E-state index is 12.1. The quantitative estimate of drug-likeness (QED) is 0.669. The predicted octanol–water partition coefficient (Wildman–Crippen LogP) is 0.378. The topological polar surface area (TPSA) is 64.8 Å². The number of nitrogens with two attached hydrogens (primary N) is 1. The summed E-state index contributed by atoms with van der Waals surface area (Å²) in [5, 5.41) is 0. The molecule has 0 aromatic rings. The first-order chi connectivity index (χ1) is 8.70. The van der Waals surface area contributed by atoms with Gasteiger partial charge >= 0.3 is 0 Å². The van der Waals surface area contributed by atoms with Crippen molar-refractivity contribution in [1.29, 1.82) is 0 Å². The molecule has 104 valence electrons.